The van der Waals surface area contributed by atoms with Crippen molar-refractivity contribution < 1.29 is 19.1 Å². The zero-order chi connectivity index (χ0) is 12.8. The minimum atomic E-state index is -0.630. The number of hydrogen-bond acceptors (Lipinski definition) is 4. The number of carbonyl (C=O) groups is 3. The number of Topliss-reactive ketones (excluding diaryl/α,β-unsaturated/α-hetero) is 1. The van der Waals surface area contributed by atoms with Crippen molar-refractivity contribution in [2.45, 2.75) is 52.2 Å². The molecule has 0 unspecified atom stereocenters. The van der Waals surface area contributed by atoms with Gasteiger partial charge in [0, 0.05) is 12.8 Å². The van der Waals surface area contributed by atoms with Gasteiger partial charge in [0.15, 0.2) is 5.78 Å². The lowest BCUT2D eigenvalue weighted by Crippen LogP contribution is -2.41. The molecule has 0 heterocycles. The van der Waals surface area contributed by atoms with E-state index in [1.165, 1.54) is 0 Å². The van der Waals surface area contributed by atoms with Gasteiger partial charge in [-0.3, -0.25) is 4.79 Å². The zero-order valence-electron chi connectivity index (χ0n) is 10.2. The van der Waals surface area contributed by atoms with E-state index in [1.54, 1.807) is 27.7 Å². The summed E-state index contributed by atoms with van der Waals surface area (Å²) in [6, 6.07) is -0.630. The van der Waals surface area contributed by atoms with Crippen LogP contribution in [0.2, 0.25) is 0 Å². The molecule has 0 spiro atoms. The molecule has 0 radical (unpaired) electrons. The van der Waals surface area contributed by atoms with Crippen LogP contribution < -0.4 is 5.32 Å². The number of carbonyl (C=O) groups excluding carboxylic acids is 3. The molecule has 0 aromatic carbocycles. The summed E-state index contributed by atoms with van der Waals surface area (Å²) in [5, 5.41) is 2.42. The Balaban J connectivity index is 4.04. The lowest BCUT2D eigenvalue weighted by Gasteiger charge is -2.21. The van der Waals surface area contributed by atoms with Crippen molar-refractivity contribution in [3.05, 3.63) is 0 Å². The number of ether oxygens (including phenoxy) is 1. The van der Waals surface area contributed by atoms with Crippen LogP contribution in [0.3, 0.4) is 0 Å². The molecule has 0 aliphatic rings. The number of aldehydes is 1. The van der Waals surface area contributed by atoms with E-state index in [0.717, 1.165) is 0 Å². The van der Waals surface area contributed by atoms with Gasteiger partial charge in [0.2, 0.25) is 0 Å². The van der Waals surface area contributed by atoms with Gasteiger partial charge in [-0.05, 0) is 27.7 Å². The van der Waals surface area contributed by atoms with Gasteiger partial charge < -0.3 is 14.8 Å². The third kappa shape index (κ3) is 6.98. The monoisotopic (exact) mass is 229 g/mol. The number of rotatable bonds is 5. The fourth-order valence-electron chi connectivity index (χ4n) is 0.983. The van der Waals surface area contributed by atoms with Crippen molar-refractivity contribution in [1.82, 2.24) is 5.32 Å². The van der Waals surface area contributed by atoms with Gasteiger partial charge in [-0.15, -0.1) is 0 Å². The Morgan fingerprint density at radius 1 is 1.38 bits per heavy atom. The van der Waals surface area contributed by atoms with E-state index < -0.39 is 17.7 Å². The van der Waals surface area contributed by atoms with Crippen LogP contribution in [0.15, 0.2) is 0 Å². The van der Waals surface area contributed by atoms with E-state index in [0.29, 0.717) is 6.29 Å². The molecule has 0 fully saturated rings. The highest BCUT2D eigenvalue weighted by molar-refractivity contribution is 5.88. The van der Waals surface area contributed by atoms with Crippen LogP contribution in [-0.2, 0) is 14.3 Å². The highest BCUT2D eigenvalue weighted by Gasteiger charge is 2.20. The van der Waals surface area contributed by atoms with Gasteiger partial charge in [-0.1, -0.05) is 0 Å². The summed E-state index contributed by atoms with van der Waals surface area (Å²) in [6.45, 7) is 6.79. The Morgan fingerprint density at radius 3 is 2.38 bits per heavy atom. The van der Waals surface area contributed by atoms with E-state index in [1.807, 2.05) is 0 Å². The topological polar surface area (TPSA) is 72.5 Å². The van der Waals surface area contributed by atoms with Crippen LogP contribution in [0.25, 0.3) is 0 Å². The average molecular weight is 229 g/mol. The maximum Gasteiger partial charge on any atom is 0.408 e. The lowest BCUT2D eigenvalue weighted by molar-refractivity contribution is -0.122. The van der Waals surface area contributed by atoms with Gasteiger partial charge in [-0.2, -0.15) is 0 Å². The van der Waals surface area contributed by atoms with Gasteiger partial charge in [0.1, 0.15) is 11.9 Å². The van der Waals surface area contributed by atoms with Crippen LogP contribution in [0.4, 0.5) is 4.79 Å². The van der Waals surface area contributed by atoms with Gasteiger partial charge in [0.25, 0.3) is 0 Å². The molecule has 92 valence electrons. The highest BCUT2D eigenvalue weighted by Crippen LogP contribution is 2.07. The molecule has 5 nitrogen and oxygen atoms in total. The SMILES string of the molecule is C[C@H](NC(=O)OC(C)(C)C)C(=O)CCC=O. The normalized spacial score (nSPS) is 12.8. The molecule has 5 heteroatoms. The Bertz CT molecular complexity index is 268. The maximum absolute atomic E-state index is 11.4. The molecule has 0 saturated carbocycles. The van der Waals surface area contributed by atoms with E-state index in [9.17, 15) is 14.4 Å². The van der Waals surface area contributed by atoms with Crippen molar-refractivity contribution in [3.63, 3.8) is 0 Å². The second kappa shape index (κ2) is 6.25. The second-order valence-corrected chi connectivity index (χ2v) is 4.54. The van der Waals surface area contributed by atoms with Crippen LogP contribution in [0.5, 0.6) is 0 Å². The summed E-state index contributed by atoms with van der Waals surface area (Å²) < 4.78 is 4.99. The summed E-state index contributed by atoms with van der Waals surface area (Å²) in [4.78, 5) is 32.7. The molecule has 16 heavy (non-hydrogen) atoms. The lowest BCUT2D eigenvalue weighted by atomic mass is 10.1. The minimum absolute atomic E-state index is 0.139. The van der Waals surface area contributed by atoms with E-state index >= 15 is 0 Å². The molecular formula is C11H19NO4. The summed E-state index contributed by atoms with van der Waals surface area (Å²) in [5.74, 6) is -0.182. The van der Waals surface area contributed by atoms with E-state index in [-0.39, 0.29) is 18.6 Å². The zero-order valence-corrected chi connectivity index (χ0v) is 10.2. The first-order valence-electron chi connectivity index (χ1n) is 5.22. The van der Waals surface area contributed by atoms with E-state index in [4.69, 9.17) is 4.74 Å². The van der Waals surface area contributed by atoms with Crippen LogP contribution in [0.1, 0.15) is 40.5 Å². The number of nitrogens with one attached hydrogen (secondary N) is 1. The predicted octanol–water partition coefficient (Wildman–Crippen LogP) is 1.45. The van der Waals surface area contributed by atoms with Crippen LogP contribution >= 0.6 is 0 Å². The molecular weight excluding hydrogens is 210 g/mol. The van der Waals surface area contributed by atoms with Crippen molar-refractivity contribution in [3.8, 4) is 0 Å². The summed E-state index contributed by atoms with van der Waals surface area (Å²) in [6.07, 6.45) is 0.372. The molecule has 0 bridgehead atoms. The van der Waals surface area contributed by atoms with Crippen LogP contribution in [-0.4, -0.2) is 29.8 Å². The maximum atomic E-state index is 11.4. The molecule has 1 atom stereocenters. The molecule has 0 rings (SSSR count). The summed E-state index contributed by atoms with van der Waals surface area (Å²) >= 11 is 0. The predicted molar refractivity (Wildman–Crippen MR) is 59.1 cm³/mol. The number of hydrogen-bond donors (Lipinski definition) is 1. The van der Waals surface area contributed by atoms with Gasteiger partial charge in [0.05, 0.1) is 6.04 Å². The smallest absolute Gasteiger partial charge is 0.408 e. The van der Waals surface area contributed by atoms with Crippen molar-refractivity contribution in [1.29, 1.82) is 0 Å². The Kier molecular flexibility index (Phi) is 5.71. The standard InChI is InChI=1S/C11H19NO4/c1-8(9(14)6-5-7-13)12-10(15)16-11(2,3)4/h7-8H,5-6H2,1-4H3,(H,12,15)/t8-/m0/s1. The van der Waals surface area contributed by atoms with E-state index in [2.05, 4.69) is 5.32 Å². The highest BCUT2D eigenvalue weighted by atomic mass is 16.6. The fourth-order valence-corrected chi connectivity index (χ4v) is 0.983. The number of ketones is 1. The van der Waals surface area contributed by atoms with Gasteiger partial charge >= 0.3 is 6.09 Å². The molecule has 0 aromatic rings. The molecule has 0 aliphatic heterocycles. The summed E-state index contributed by atoms with van der Waals surface area (Å²) in [7, 11) is 0. The summed E-state index contributed by atoms with van der Waals surface area (Å²) in [5.41, 5.74) is -0.588. The largest absolute Gasteiger partial charge is 0.444 e. The fraction of sp³-hybridized carbons (Fsp3) is 0.727. The van der Waals surface area contributed by atoms with Crippen molar-refractivity contribution >= 4 is 18.2 Å². The Labute approximate surface area is 95.5 Å². The van der Waals surface area contributed by atoms with Crippen LogP contribution in [0, 0.1) is 0 Å². The van der Waals surface area contributed by atoms with Crippen molar-refractivity contribution in [2.75, 3.05) is 0 Å². The first-order chi connectivity index (χ1) is 7.26. The van der Waals surface area contributed by atoms with Gasteiger partial charge in [-0.25, -0.2) is 4.79 Å². The molecule has 0 aromatic heterocycles. The third-order valence-electron chi connectivity index (χ3n) is 1.72. The Hall–Kier alpha value is -1.39. The number of alkyl carbamates (subject to hydrolysis) is 1. The molecule has 1 N–H and O–H groups in total. The average Bonchev–Trinajstić information content (AvgIpc) is 2.10. The van der Waals surface area contributed by atoms with Crippen molar-refractivity contribution in [2.24, 2.45) is 0 Å². The minimum Gasteiger partial charge on any atom is -0.444 e. The molecule has 0 saturated heterocycles. The molecule has 0 aliphatic carbocycles. The Morgan fingerprint density at radius 2 is 1.94 bits per heavy atom. The second-order valence-electron chi connectivity index (χ2n) is 4.54. The quantitative estimate of drug-likeness (QED) is 0.724. The third-order valence-corrected chi connectivity index (χ3v) is 1.72. The first kappa shape index (κ1) is 14.6. The number of amides is 1. The molecule has 1 amide bonds. The first-order valence-corrected chi connectivity index (χ1v) is 5.22.